The number of carbonyl (C=O) groups excluding carboxylic acids is 3. The van der Waals surface area contributed by atoms with Gasteiger partial charge in [-0.15, -0.1) is 0 Å². The van der Waals surface area contributed by atoms with Crippen molar-refractivity contribution < 1.29 is 27.5 Å². The standard InChI is InChI=1S/C16H22ClN3O6S/c1-9(2)13(15(22)26-10(3)14(21)19-16(23)18-4)20-27(24,25)12-7-5-11(17)6-8-12/h5-10,13,20H,1-4H3,(H2,18,19,21,23)/t10-,13+/m1/s1. The Balaban J connectivity index is 2.88. The SMILES string of the molecule is CNC(=O)NC(=O)[C@@H](C)OC(=O)[C@@H](NS(=O)(=O)c1ccc(Cl)cc1)C(C)C. The lowest BCUT2D eigenvalue weighted by Gasteiger charge is -2.22. The molecule has 0 saturated heterocycles. The summed E-state index contributed by atoms with van der Waals surface area (Å²) in [4.78, 5) is 35.2. The summed E-state index contributed by atoms with van der Waals surface area (Å²) in [6.07, 6.45) is -1.30. The van der Waals surface area contributed by atoms with Crippen molar-refractivity contribution in [2.45, 2.75) is 37.8 Å². The van der Waals surface area contributed by atoms with E-state index in [2.05, 4.69) is 10.0 Å². The minimum Gasteiger partial charge on any atom is -0.451 e. The van der Waals surface area contributed by atoms with Crippen molar-refractivity contribution in [1.29, 1.82) is 0 Å². The molecule has 3 amide bonds. The van der Waals surface area contributed by atoms with E-state index in [1.54, 1.807) is 13.8 Å². The number of esters is 1. The first-order valence-corrected chi connectivity index (χ1v) is 9.85. The van der Waals surface area contributed by atoms with Crippen molar-refractivity contribution in [3.8, 4) is 0 Å². The number of halogens is 1. The molecule has 0 heterocycles. The van der Waals surface area contributed by atoms with Gasteiger partial charge in [-0.2, -0.15) is 4.72 Å². The number of hydrogen-bond donors (Lipinski definition) is 3. The fraction of sp³-hybridized carbons (Fsp3) is 0.438. The molecule has 150 valence electrons. The Kier molecular flexibility index (Phi) is 8.20. The maximum absolute atomic E-state index is 12.5. The number of rotatable bonds is 7. The molecule has 9 nitrogen and oxygen atoms in total. The first-order valence-electron chi connectivity index (χ1n) is 7.99. The van der Waals surface area contributed by atoms with E-state index >= 15 is 0 Å². The minimum absolute atomic E-state index is 0.0734. The summed E-state index contributed by atoms with van der Waals surface area (Å²) in [5.74, 6) is -2.25. The summed E-state index contributed by atoms with van der Waals surface area (Å²) in [6, 6.07) is 3.42. The van der Waals surface area contributed by atoms with Gasteiger partial charge in [0.25, 0.3) is 5.91 Å². The number of benzene rings is 1. The summed E-state index contributed by atoms with van der Waals surface area (Å²) in [7, 11) is -2.70. The van der Waals surface area contributed by atoms with Crippen LogP contribution in [0.15, 0.2) is 29.2 Å². The fourth-order valence-corrected chi connectivity index (χ4v) is 3.34. The Morgan fingerprint density at radius 2 is 1.63 bits per heavy atom. The van der Waals surface area contributed by atoms with Crippen LogP contribution in [0.1, 0.15) is 20.8 Å². The molecule has 0 aromatic heterocycles. The van der Waals surface area contributed by atoms with E-state index in [9.17, 15) is 22.8 Å². The molecular formula is C16H22ClN3O6S. The van der Waals surface area contributed by atoms with Crippen LogP contribution in [0.3, 0.4) is 0 Å². The molecule has 0 aliphatic rings. The number of amides is 3. The number of imide groups is 1. The number of ether oxygens (including phenoxy) is 1. The third-order valence-electron chi connectivity index (χ3n) is 3.45. The van der Waals surface area contributed by atoms with Crippen molar-refractivity contribution in [2.24, 2.45) is 5.92 Å². The highest BCUT2D eigenvalue weighted by Crippen LogP contribution is 2.16. The Morgan fingerprint density at radius 3 is 2.11 bits per heavy atom. The van der Waals surface area contributed by atoms with Crippen molar-refractivity contribution in [2.75, 3.05) is 7.05 Å². The second kappa shape index (κ2) is 9.67. The Labute approximate surface area is 162 Å². The summed E-state index contributed by atoms with van der Waals surface area (Å²) >= 11 is 5.75. The van der Waals surface area contributed by atoms with E-state index in [0.717, 1.165) is 0 Å². The quantitative estimate of drug-likeness (QED) is 0.566. The highest BCUT2D eigenvalue weighted by Gasteiger charge is 2.32. The normalized spacial score (nSPS) is 13.6. The van der Waals surface area contributed by atoms with Gasteiger partial charge in [-0.05, 0) is 37.1 Å². The van der Waals surface area contributed by atoms with E-state index in [1.807, 2.05) is 5.32 Å². The molecule has 0 unspecified atom stereocenters. The zero-order valence-electron chi connectivity index (χ0n) is 15.3. The number of sulfonamides is 1. The average molecular weight is 420 g/mol. The molecule has 0 radical (unpaired) electrons. The molecule has 11 heteroatoms. The third-order valence-corrected chi connectivity index (χ3v) is 5.16. The molecule has 0 bridgehead atoms. The first-order chi connectivity index (χ1) is 12.5. The van der Waals surface area contributed by atoms with Gasteiger partial charge in [-0.3, -0.25) is 14.9 Å². The van der Waals surface area contributed by atoms with Gasteiger partial charge in [0, 0.05) is 12.1 Å². The van der Waals surface area contributed by atoms with Gasteiger partial charge < -0.3 is 10.1 Å². The van der Waals surface area contributed by atoms with Crippen molar-refractivity contribution in [3.05, 3.63) is 29.3 Å². The highest BCUT2D eigenvalue weighted by atomic mass is 35.5. The lowest BCUT2D eigenvalue weighted by atomic mass is 10.1. The van der Waals surface area contributed by atoms with Crippen LogP contribution in [-0.2, 0) is 24.3 Å². The molecule has 1 aromatic carbocycles. The maximum atomic E-state index is 12.5. The van der Waals surface area contributed by atoms with E-state index < -0.39 is 46.0 Å². The molecule has 1 aromatic rings. The second-order valence-corrected chi connectivity index (χ2v) is 8.09. The fourth-order valence-electron chi connectivity index (χ4n) is 1.88. The molecule has 0 aliphatic heterocycles. The molecular weight excluding hydrogens is 398 g/mol. The van der Waals surface area contributed by atoms with Crippen LogP contribution in [0.5, 0.6) is 0 Å². The minimum atomic E-state index is -4.02. The molecule has 0 spiro atoms. The maximum Gasteiger partial charge on any atom is 0.325 e. The Hall–Kier alpha value is -2.17. The van der Waals surface area contributed by atoms with Crippen molar-refractivity contribution in [1.82, 2.24) is 15.4 Å². The van der Waals surface area contributed by atoms with Gasteiger partial charge in [0.05, 0.1) is 4.90 Å². The monoisotopic (exact) mass is 419 g/mol. The van der Waals surface area contributed by atoms with Gasteiger partial charge >= 0.3 is 12.0 Å². The number of nitrogens with one attached hydrogen (secondary N) is 3. The van der Waals surface area contributed by atoms with Gasteiger partial charge in [-0.1, -0.05) is 25.4 Å². The number of urea groups is 1. The van der Waals surface area contributed by atoms with E-state index in [4.69, 9.17) is 16.3 Å². The first kappa shape index (κ1) is 22.9. The Bertz CT molecular complexity index is 795. The molecule has 0 saturated carbocycles. The summed E-state index contributed by atoms with van der Waals surface area (Å²) < 4.78 is 32.2. The van der Waals surface area contributed by atoms with Crippen molar-refractivity contribution >= 4 is 39.5 Å². The molecule has 1 rings (SSSR count). The summed E-state index contributed by atoms with van der Waals surface area (Å²) in [6.45, 7) is 4.50. The molecule has 0 aliphatic carbocycles. The second-order valence-electron chi connectivity index (χ2n) is 5.94. The summed E-state index contributed by atoms with van der Waals surface area (Å²) in [5.41, 5.74) is 0. The van der Waals surface area contributed by atoms with Crippen LogP contribution >= 0.6 is 11.6 Å². The average Bonchev–Trinajstić information content (AvgIpc) is 2.59. The van der Waals surface area contributed by atoms with E-state index in [1.165, 1.54) is 38.2 Å². The third kappa shape index (κ3) is 6.81. The largest absolute Gasteiger partial charge is 0.451 e. The molecule has 0 fully saturated rings. The van der Waals surface area contributed by atoms with E-state index in [-0.39, 0.29) is 4.90 Å². The van der Waals surface area contributed by atoms with Gasteiger partial charge in [0.2, 0.25) is 10.0 Å². The predicted molar refractivity (Wildman–Crippen MR) is 98.6 cm³/mol. The van der Waals surface area contributed by atoms with Crippen LogP contribution < -0.4 is 15.4 Å². The zero-order valence-corrected chi connectivity index (χ0v) is 16.8. The molecule has 27 heavy (non-hydrogen) atoms. The van der Waals surface area contributed by atoms with Crippen molar-refractivity contribution in [3.63, 3.8) is 0 Å². The topological polar surface area (TPSA) is 131 Å². The van der Waals surface area contributed by atoms with Crippen LogP contribution in [0.4, 0.5) is 4.79 Å². The van der Waals surface area contributed by atoms with Gasteiger partial charge in [0.1, 0.15) is 6.04 Å². The zero-order chi connectivity index (χ0) is 20.8. The number of carbonyl (C=O) groups is 3. The van der Waals surface area contributed by atoms with Crippen LogP contribution in [0.25, 0.3) is 0 Å². The summed E-state index contributed by atoms with van der Waals surface area (Å²) in [5, 5.41) is 4.52. The predicted octanol–water partition coefficient (Wildman–Crippen LogP) is 1.03. The van der Waals surface area contributed by atoms with Crippen LogP contribution in [0.2, 0.25) is 5.02 Å². The van der Waals surface area contributed by atoms with Gasteiger partial charge in [-0.25, -0.2) is 13.2 Å². The lowest BCUT2D eigenvalue weighted by Crippen LogP contribution is -2.48. The molecule has 2 atom stereocenters. The van der Waals surface area contributed by atoms with E-state index in [0.29, 0.717) is 5.02 Å². The highest BCUT2D eigenvalue weighted by molar-refractivity contribution is 7.89. The van der Waals surface area contributed by atoms with Gasteiger partial charge in [0.15, 0.2) is 6.10 Å². The smallest absolute Gasteiger partial charge is 0.325 e. The van der Waals surface area contributed by atoms with Crippen LogP contribution in [0, 0.1) is 5.92 Å². The Morgan fingerprint density at radius 1 is 1.07 bits per heavy atom. The number of hydrogen-bond acceptors (Lipinski definition) is 6. The molecule has 3 N–H and O–H groups in total. The van der Waals surface area contributed by atoms with Crippen LogP contribution in [-0.4, -0.2) is 45.5 Å². The lowest BCUT2D eigenvalue weighted by molar-refractivity contribution is -0.157.